The predicted octanol–water partition coefficient (Wildman–Crippen LogP) is 2.69. The minimum Gasteiger partial charge on any atom is -0.394 e. The van der Waals surface area contributed by atoms with Crippen molar-refractivity contribution in [2.24, 2.45) is 5.92 Å². The fourth-order valence-electron chi connectivity index (χ4n) is 2.20. The number of halogens is 1. The molecule has 0 spiro atoms. The molecule has 0 aliphatic rings. The molecule has 0 saturated carbocycles. The third kappa shape index (κ3) is 4.56. The average Bonchev–Trinajstić information content (AvgIpc) is 2.88. The van der Waals surface area contributed by atoms with Crippen LogP contribution in [0, 0.1) is 11.7 Å². The van der Waals surface area contributed by atoms with Gasteiger partial charge in [-0.3, -0.25) is 4.68 Å². The highest BCUT2D eigenvalue weighted by molar-refractivity contribution is 5.40. The van der Waals surface area contributed by atoms with Gasteiger partial charge in [-0.1, -0.05) is 26.0 Å². The van der Waals surface area contributed by atoms with E-state index in [1.807, 2.05) is 18.3 Å². The fourth-order valence-corrected chi connectivity index (χ4v) is 2.20. The number of nitrogens with one attached hydrogen (secondary N) is 1. The number of hydrogen-bond donors (Lipinski definition) is 2. The van der Waals surface area contributed by atoms with Crippen LogP contribution in [-0.4, -0.2) is 27.5 Å². The maximum absolute atomic E-state index is 13.0. The van der Waals surface area contributed by atoms with E-state index in [1.165, 1.54) is 12.1 Å². The molecule has 1 heterocycles. The van der Waals surface area contributed by atoms with Crippen LogP contribution in [0.5, 0.6) is 0 Å². The Kier molecular flexibility index (Phi) is 5.33. The maximum Gasteiger partial charge on any atom is 0.123 e. The van der Waals surface area contributed by atoms with Gasteiger partial charge in [-0.05, 0) is 30.0 Å². The lowest BCUT2D eigenvalue weighted by atomic mass is 9.96. The van der Waals surface area contributed by atoms with E-state index in [1.54, 1.807) is 10.9 Å². The Labute approximate surface area is 124 Å². The van der Waals surface area contributed by atoms with Crippen LogP contribution in [0.15, 0.2) is 36.7 Å². The number of nitrogens with zero attached hydrogens (tertiary/aromatic N) is 2. The van der Waals surface area contributed by atoms with Crippen molar-refractivity contribution in [3.63, 3.8) is 0 Å². The van der Waals surface area contributed by atoms with Crippen LogP contribution in [0.4, 0.5) is 10.1 Å². The third-order valence-corrected chi connectivity index (χ3v) is 3.49. The normalized spacial score (nSPS) is 12.6. The number of aromatic nitrogens is 2. The van der Waals surface area contributed by atoms with E-state index in [4.69, 9.17) is 5.11 Å². The van der Waals surface area contributed by atoms with E-state index in [9.17, 15) is 4.39 Å². The van der Waals surface area contributed by atoms with Crippen molar-refractivity contribution in [3.8, 4) is 0 Å². The van der Waals surface area contributed by atoms with E-state index < -0.39 is 0 Å². The Bertz CT molecular complexity index is 551. The molecule has 1 aromatic heterocycles. The van der Waals surface area contributed by atoms with Gasteiger partial charge in [0.15, 0.2) is 0 Å². The summed E-state index contributed by atoms with van der Waals surface area (Å²) in [7, 11) is 0. The summed E-state index contributed by atoms with van der Waals surface area (Å²) >= 11 is 0. The molecule has 4 nitrogen and oxygen atoms in total. The molecule has 0 amide bonds. The monoisotopic (exact) mass is 291 g/mol. The maximum atomic E-state index is 13.0. The second-order valence-corrected chi connectivity index (χ2v) is 5.54. The lowest BCUT2D eigenvalue weighted by molar-refractivity contribution is 0.269. The number of hydrogen-bond acceptors (Lipinski definition) is 3. The molecule has 1 atom stereocenters. The zero-order valence-corrected chi connectivity index (χ0v) is 12.5. The van der Waals surface area contributed by atoms with Crippen LogP contribution in [-0.2, 0) is 13.0 Å². The van der Waals surface area contributed by atoms with Gasteiger partial charge in [-0.25, -0.2) is 4.39 Å². The van der Waals surface area contributed by atoms with Crippen LogP contribution in [0.3, 0.4) is 0 Å². The van der Waals surface area contributed by atoms with Crippen LogP contribution < -0.4 is 5.32 Å². The van der Waals surface area contributed by atoms with Crippen molar-refractivity contribution < 1.29 is 9.50 Å². The van der Waals surface area contributed by atoms with Crippen LogP contribution in [0.25, 0.3) is 0 Å². The van der Waals surface area contributed by atoms with Gasteiger partial charge in [0.25, 0.3) is 0 Å². The summed E-state index contributed by atoms with van der Waals surface area (Å²) in [5.74, 6) is 0.217. The number of rotatable bonds is 7. The van der Waals surface area contributed by atoms with Gasteiger partial charge >= 0.3 is 0 Å². The van der Waals surface area contributed by atoms with E-state index in [-0.39, 0.29) is 18.5 Å². The second kappa shape index (κ2) is 7.22. The fraction of sp³-hybridized carbons (Fsp3) is 0.438. The molecule has 0 radical (unpaired) electrons. The van der Waals surface area contributed by atoms with Gasteiger partial charge in [0.1, 0.15) is 5.82 Å². The summed E-state index contributed by atoms with van der Waals surface area (Å²) in [6.45, 7) is 4.87. The lowest BCUT2D eigenvalue weighted by Gasteiger charge is -2.22. The van der Waals surface area contributed by atoms with E-state index in [0.717, 1.165) is 17.7 Å². The molecule has 0 aliphatic heterocycles. The topological polar surface area (TPSA) is 50.1 Å². The third-order valence-electron chi connectivity index (χ3n) is 3.49. The quantitative estimate of drug-likeness (QED) is 0.824. The highest BCUT2D eigenvalue weighted by atomic mass is 19.1. The molecule has 1 aromatic carbocycles. The van der Waals surface area contributed by atoms with Crippen LogP contribution in [0.1, 0.15) is 19.4 Å². The first-order chi connectivity index (χ1) is 10.1. The number of aliphatic hydroxyl groups excluding tert-OH is 1. The minimum atomic E-state index is -0.210. The molecule has 0 fully saturated rings. The molecule has 2 rings (SSSR count). The zero-order valence-electron chi connectivity index (χ0n) is 12.5. The average molecular weight is 291 g/mol. The summed E-state index contributed by atoms with van der Waals surface area (Å²) in [5, 5.41) is 16.5. The number of anilines is 1. The first-order valence-corrected chi connectivity index (χ1v) is 7.23. The Balaban J connectivity index is 2.02. The summed E-state index contributed by atoms with van der Waals surface area (Å²) in [6.07, 6.45) is 4.47. The molecule has 1 unspecified atom stereocenters. The van der Waals surface area contributed by atoms with Gasteiger partial charge in [0, 0.05) is 12.2 Å². The highest BCUT2D eigenvalue weighted by Crippen LogP contribution is 2.16. The van der Waals surface area contributed by atoms with Crippen molar-refractivity contribution in [2.45, 2.75) is 32.9 Å². The summed E-state index contributed by atoms with van der Waals surface area (Å²) in [5.41, 5.74) is 2.04. The molecule has 21 heavy (non-hydrogen) atoms. The number of aliphatic hydroxyl groups is 1. The Morgan fingerprint density at radius 3 is 2.62 bits per heavy atom. The van der Waals surface area contributed by atoms with Crippen molar-refractivity contribution in [2.75, 3.05) is 11.9 Å². The van der Waals surface area contributed by atoms with Crippen molar-refractivity contribution in [1.82, 2.24) is 9.78 Å². The summed E-state index contributed by atoms with van der Waals surface area (Å²) in [6, 6.07) is 6.86. The summed E-state index contributed by atoms with van der Waals surface area (Å²) in [4.78, 5) is 0. The molecule has 2 N–H and O–H groups in total. The first kappa shape index (κ1) is 15.5. The second-order valence-electron chi connectivity index (χ2n) is 5.54. The van der Waals surface area contributed by atoms with Gasteiger partial charge in [0.2, 0.25) is 0 Å². The SMILES string of the molecule is CC(C)C(Cc1ccc(F)cc1)Nc1cnn(CCO)c1. The van der Waals surface area contributed by atoms with E-state index >= 15 is 0 Å². The minimum absolute atomic E-state index is 0.0737. The van der Waals surface area contributed by atoms with Gasteiger partial charge in [-0.15, -0.1) is 0 Å². The van der Waals surface area contributed by atoms with Crippen molar-refractivity contribution >= 4 is 5.69 Å². The van der Waals surface area contributed by atoms with Crippen molar-refractivity contribution in [3.05, 3.63) is 48.0 Å². The molecule has 114 valence electrons. The molecule has 0 aliphatic carbocycles. The molecule has 0 saturated heterocycles. The molecule has 5 heteroatoms. The Morgan fingerprint density at radius 2 is 2.00 bits per heavy atom. The van der Waals surface area contributed by atoms with Gasteiger partial charge < -0.3 is 10.4 Å². The highest BCUT2D eigenvalue weighted by Gasteiger charge is 2.15. The van der Waals surface area contributed by atoms with Crippen LogP contribution >= 0.6 is 0 Å². The molecule has 2 aromatic rings. The summed E-state index contributed by atoms with van der Waals surface area (Å²) < 4.78 is 14.7. The van der Waals surface area contributed by atoms with Crippen molar-refractivity contribution in [1.29, 1.82) is 0 Å². The Morgan fingerprint density at radius 1 is 1.29 bits per heavy atom. The smallest absolute Gasteiger partial charge is 0.123 e. The molecular formula is C16H22FN3O. The van der Waals surface area contributed by atoms with Crippen LogP contribution in [0.2, 0.25) is 0 Å². The zero-order chi connectivity index (χ0) is 15.2. The first-order valence-electron chi connectivity index (χ1n) is 7.23. The lowest BCUT2D eigenvalue weighted by Crippen LogP contribution is -2.28. The van der Waals surface area contributed by atoms with Gasteiger partial charge in [0.05, 0.1) is 25.0 Å². The number of benzene rings is 1. The standard InChI is InChI=1S/C16H22FN3O/c1-12(2)16(9-13-3-5-14(17)6-4-13)19-15-10-18-20(11-15)7-8-21/h3-6,10-12,16,19,21H,7-9H2,1-2H3. The molecular weight excluding hydrogens is 269 g/mol. The van der Waals surface area contributed by atoms with Gasteiger partial charge in [-0.2, -0.15) is 5.10 Å². The predicted molar refractivity (Wildman–Crippen MR) is 81.7 cm³/mol. The van der Waals surface area contributed by atoms with E-state index in [0.29, 0.717) is 12.5 Å². The van der Waals surface area contributed by atoms with E-state index in [2.05, 4.69) is 24.3 Å². The largest absolute Gasteiger partial charge is 0.394 e. The Hall–Kier alpha value is -1.88. The molecule has 0 bridgehead atoms.